The molecule has 2 aromatic rings. The van der Waals surface area contributed by atoms with Gasteiger partial charge in [-0.3, -0.25) is 9.89 Å². The van der Waals surface area contributed by atoms with Gasteiger partial charge in [-0.05, 0) is 12.5 Å². The zero-order chi connectivity index (χ0) is 14.8. The van der Waals surface area contributed by atoms with E-state index in [0.29, 0.717) is 0 Å². The Morgan fingerprint density at radius 2 is 1.95 bits per heavy atom. The molecule has 1 heterocycles. The van der Waals surface area contributed by atoms with E-state index in [-0.39, 0.29) is 0 Å². The van der Waals surface area contributed by atoms with Gasteiger partial charge >= 0.3 is 6.18 Å². The van der Waals surface area contributed by atoms with Gasteiger partial charge in [0.05, 0.1) is 17.8 Å². The van der Waals surface area contributed by atoms with Crippen LogP contribution in [0.3, 0.4) is 0 Å². The largest absolute Gasteiger partial charge is 0.433 e. The maximum Gasteiger partial charge on any atom is 0.433 e. The molecule has 2 N–H and O–H groups in total. The number of aromatic amines is 1. The molecule has 0 saturated heterocycles. The number of benzene rings is 1. The maximum absolute atomic E-state index is 12.7. The fraction of sp³-hybridized carbons (Fsp3) is 0.231. The molecular formula is C13H12F3N3O. The molecule has 0 radical (unpaired) electrons. The van der Waals surface area contributed by atoms with Crippen LogP contribution in [-0.4, -0.2) is 16.1 Å². The zero-order valence-corrected chi connectivity index (χ0v) is 10.5. The molecule has 0 saturated carbocycles. The van der Waals surface area contributed by atoms with Crippen LogP contribution in [-0.2, 0) is 6.18 Å². The number of aromatic nitrogens is 2. The van der Waals surface area contributed by atoms with Crippen molar-refractivity contribution in [2.24, 2.45) is 0 Å². The molecule has 1 atom stereocenters. The second-order valence-electron chi connectivity index (χ2n) is 4.26. The Kier molecular flexibility index (Phi) is 3.78. The van der Waals surface area contributed by atoms with Gasteiger partial charge in [0.15, 0.2) is 5.69 Å². The fourth-order valence-electron chi connectivity index (χ4n) is 1.77. The van der Waals surface area contributed by atoms with Crippen molar-refractivity contribution in [1.82, 2.24) is 15.5 Å². The Morgan fingerprint density at radius 3 is 2.55 bits per heavy atom. The third-order valence-electron chi connectivity index (χ3n) is 2.81. The highest BCUT2D eigenvalue weighted by atomic mass is 19.4. The monoisotopic (exact) mass is 283 g/mol. The van der Waals surface area contributed by atoms with Crippen molar-refractivity contribution in [2.45, 2.75) is 19.1 Å². The molecule has 20 heavy (non-hydrogen) atoms. The highest BCUT2D eigenvalue weighted by Gasteiger charge is 2.37. The minimum absolute atomic E-state index is 0.403. The van der Waals surface area contributed by atoms with Crippen LogP contribution in [0.15, 0.2) is 36.5 Å². The standard InChI is InChI=1S/C13H12F3N3O/c1-8(9-5-3-2-4-6-9)18-12(20)10-7-17-19-11(10)13(14,15)16/h2-8H,1H3,(H,17,19)(H,18,20). The Labute approximate surface area is 113 Å². The van der Waals surface area contributed by atoms with Gasteiger partial charge in [-0.25, -0.2) is 0 Å². The highest BCUT2D eigenvalue weighted by molar-refractivity contribution is 5.95. The van der Waals surface area contributed by atoms with Gasteiger partial charge in [0, 0.05) is 0 Å². The molecule has 1 unspecified atom stereocenters. The summed E-state index contributed by atoms with van der Waals surface area (Å²) in [5, 5.41) is 7.60. The van der Waals surface area contributed by atoms with Crippen molar-refractivity contribution in [1.29, 1.82) is 0 Å². The van der Waals surface area contributed by atoms with E-state index in [2.05, 4.69) is 10.4 Å². The summed E-state index contributed by atoms with van der Waals surface area (Å²) >= 11 is 0. The number of nitrogens with zero attached hydrogens (tertiary/aromatic N) is 1. The van der Waals surface area contributed by atoms with Crippen LogP contribution >= 0.6 is 0 Å². The predicted octanol–water partition coefficient (Wildman–Crippen LogP) is 2.92. The van der Waals surface area contributed by atoms with Crippen molar-refractivity contribution >= 4 is 5.91 Å². The lowest BCUT2D eigenvalue weighted by Crippen LogP contribution is -2.28. The van der Waals surface area contributed by atoms with Crippen LogP contribution in [0.2, 0.25) is 0 Å². The molecule has 0 aliphatic rings. The summed E-state index contributed by atoms with van der Waals surface area (Å²) in [6.45, 7) is 1.70. The third-order valence-corrected chi connectivity index (χ3v) is 2.81. The van der Waals surface area contributed by atoms with Gasteiger partial charge in [0.2, 0.25) is 0 Å². The molecule has 2 rings (SSSR count). The molecule has 4 nitrogen and oxygen atoms in total. The average molecular weight is 283 g/mol. The van der Waals surface area contributed by atoms with Crippen molar-refractivity contribution < 1.29 is 18.0 Å². The number of halogens is 3. The van der Waals surface area contributed by atoms with Gasteiger partial charge in [-0.15, -0.1) is 0 Å². The summed E-state index contributed by atoms with van der Waals surface area (Å²) in [5.74, 6) is -0.817. The Hall–Kier alpha value is -2.31. The van der Waals surface area contributed by atoms with Crippen LogP contribution in [0.1, 0.15) is 34.6 Å². The summed E-state index contributed by atoms with van der Waals surface area (Å²) in [5.41, 5.74) is -0.853. The molecule has 1 aromatic carbocycles. The molecular weight excluding hydrogens is 271 g/mol. The van der Waals surface area contributed by atoms with Gasteiger partial charge in [-0.2, -0.15) is 18.3 Å². The van der Waals surface area contributed by atoms with Gasteiger partial charge in [0.25, 0.3) is 5.91 Å². The lowest BCUT2D eigenvalue weighted by atomic mass is 10.1. The maximum atomic E-state index is 12.7. The SMILES string of the molecule is CC(NC(=O)c1cn[nH]c1C(F)(F)F)c1ccccc1. The molecule has 1 aromatic heterocycles. The van der Waals surface area contributed by atoms with E-state index < -0.39 is 29.4 Å². The Balaban J connectivity index is 2.16. The van der Waals surface area contributed by atoms with Crippen LogP contribution in [0.4, 0.5) is 13.2 Å². The molecule has 0 spiro atoms. The van der Waals surface area contributed by atoms with Crippen molar-refractivity contribution in [3.8, 4) is 0 Å². The van der Waals surface area contributed by atoms with Crippen molar-refractivity contribution in [3.05, 3.63) is 53.3 Å². The average Bonchev–Trinajstić information content (AvgIpc) is 2.89. The Morgan fingerprint density at radius 1 is 1.30 bits per heavy atom. The number of hydrogen-bond donors (Lipinski definition) is 2. The second-order valence-corrected chi connectivity index (χ2v) is 4.26. The van der Waals surface area contributed by atoms with E-state index >= 15 is 0 Å². The number of H-pyrrole nitrogens is 1. The first-order chi connectivity index (χ1) is 9.39. The summed E-state index contributed by atoms with van der Waals surface area (Å²) in [6, 6.07) is 8.56. The first kappa shape index (κ1) is 14.1. The molecule has 1 amide bonds. The first-order valence-corrected chi connectivity index (χ1v) is 5.86. The summed E-state index contributed by atoms with van der Waals surface area (Å²) in [4.78, 5) is 11.9. The number of nitrogens with one attached hydrogen (secondary N) is 2. The van der Waals surface area contributed by atoms with E-state index in [9.17, 15) is 18.0 Å². The highest BCUT2D eigenvalue weighted by Crippen LogP contribution is 2.30. The smallest absolute Gasteiger partial charge is 0.345 e. The number of hydrogen-bond acceptors (Lipinski definition) is 2. The second kappa shape index (κ2) is 5.36. The van der Waals surface area contributed by atoms with Crippen LogP contribution in [0.5, 0.6) is 0 Å². The van der Waals surface area contributed by atoms with Gasteiger partial charge < -0.3 is 5.32 Å². The number of alkyl halides is 3. The topological polar surface area (TPSA) is 57.8 Å². The predicted molar refractivity (Wildman–Crippen MR) is 65.9 cm³/mol. The van der Waals surface area contributed by atoms with Gasteiger partial charge in [0.1, 0.15) is 0 Å². The molecule has 0 bridgehead atoms. The molecule has 0 aliphatic heterocycles. The van der Waals surface area contributed by atoms with E-state index in [1.165, 1.54) is 0 Å². The van der Waals surface area contributed by atoms with Crippen LogP contribution in [0, 0.1) is 0 Å². The molecule has 106 valence electrons. The van der Waals surface area contributed by atoms with E-state index in [0.717, 1.165) is 11.8 Å². The number of amides is 1. The zero-order valence-electron chi connectivity index (χ0n) is 10.5. The number of carbonyl (C=O) groups is 1. The Bertz CT molecular complexity index is 592. The first-order valence-electron chi connectivity index (χ1n) is 5.86. The fourth-order valence-corrected chi connectivity index (χ4v) is 1.77. The molecule has 0 fully saturated rings. The minimum Gasteiger partial charge on any atom is -0.345 e. The molecule has 0 aliphatic carbocycles. The summed E-state index contributed by atoms with van der Waals surface area (Å²) < 4.78 is 38.0. The third kappa shape index (κ3) is 2.98. The number of rotatable bonds is 3. The van der Waals surface area contributed by atoms with E-state index in [1.54, 1.807) is 36.3 Å². The van der Waals surface area contributed by atoms with Crippen LogP contribution < -0.4 is 5.32 Å². The van der Waals surface area contributed by atoms with Gasteiger partial charge in [-0.1, -0.05) is 30.3 Å². The quantitative estimate of drug-likeness (QED) is 0.910. The van der Waals surface area contributed by atoms with E-state index in [1.807, 2.05) is 6.07 Å². The lowest BCUT2D eigenvalue weighted by Gasteiger charge is -2.14. The summed E-state index contributed by atoms with van der Waals surface area (Å²) in [6.07, 6.45) is -3.77. The van der Waals surface area contributed by atoms with Crippen LogP contribution in [0.25, 0.3) is 0 Å². The molecule has 7 heteroatoms. The normalized spacial score (nSPS) is 13.0. The van der Waals surface area contributed by atoms with Crippen molar-refractivity contribution in [3.63, 3.8) is 0 Å². The minimum atomic E-state index is -4.64. The van der Waals surface area contributed by atoms with E-state index in [4.69, 9.17) is 0 Å². The summed E-state index contributed by atoms with van der Waals surface area (Å²) in [7, 11) is 0. The van der Waals surface area contributed by atoms with Crippen molar-refractivity contribution in [2.75, 3.05) is 0 Å². The number of carbonyl (C=O) groups excluding carboxylic acids is 1. The lowest BCUT2D eigenvalue weighted by molar-refractivity contribution is -0.141.